The molecular weight excluding hydrogens is 224 g/mol. The first-order valence-corrected chi connectivity index (χ1v) is 5.25. The minimum Gasteiger partial charge on any atom is -0.435 e. The van der Waals surface area contributed by atoms with Gasteiger partial charge in [-0.25, -0.2) is 4.79 Å². The molecule has 0 aliphatic carbocycles. The first-order chi connectivity index (χ1) is 8.02. The van der Waals surface area contributed by atoms with E-state index in [0.29, 0.717) is 6.61 Å². The molecular formula is C12H20O5. The lowest BCUT2D eigenvalue weighted by Gasteiger charge is -2.18. The van der Waals surface area contributed by atoms with E-state index in [2.05, 4.69) is 13.2 Å². The summed E-state index contributed by atoms with van der Waals surface area (Å²) < 4.78 is 20.0. The highest BCUT2D eigenvalue weighted by Gasteiger charge is 2.18. The zero-order chi connectivity index (χ0) is 13.3. The third kappa shape index (κ3) is 6.88. The topological polar surface area (TPSA) is 54.0 Å². The van der Waals surface area contributed by atoms with Crippen LogP contribution in [-0.4, -0.2) is 38.9 Å². The molecule has 0 amide bonds. The van der Waals surface area contributed by atoms with Gasteiger partial charge in [-0.05, 0) is 13.8 Å². The van der Waals surface area contributed by atoms with Crippen LogP contribution in [0.3, 0.4) is 0 Å². The molecule has 0 aromatic rings. The van der Waals surface area contributed by atoms with Crippen LogP contribution in [0.5, 0.6) is 0 Å². The van der Waals surface area contributed by atoms with Crippen LogP contribution in [0.4, 0.5) is 0 Å². The van der Waals surface area contributed by atoms with E-state index >= 15 is 0 Å². The van der Waals surface area contributed by atoms with E-state index in [1.54, 1.807) is 19.9 Å². The predicted molar refractivity (Wildman–Crippen MR) is 63.3 cm³/mol. The van der Waals surface area contributed by atoms with Crippen molar-refractivity contribution in [1.82, 2.24) is 0 Å². The molecule has 98 valence electrons. The molecule has 2 atom stereocenters. The second kappa shape index (κ2) is 8.92. The second-order valence-electron chi connectivity index (χ2n) is 3.32. The Morgan fingerprint density at radius 1 is 1.41 bits per heavy atom. The van der Waals surface area contributed by atoms with Crippen molar-refractivity contribution in [1.29, 1.82) is 0 Å². The third-order valence-corrected chi connectivity index (χ3v) is 1.99. The van der Waals surface area contributed by atoms with E-state index in [1.165, 1.54) is 7.11 Å². The Labute approximate surface area is 102 Å². The number of rotatable bonds is 9. The molecule has 0 heterocycles. The highest BCUT2D eigenvalue weighted by Crippen LogP contribution is 2.09. The molecule has 0 N–H and O–H groups in total. The van der Waals surface area contributed by atoms with Gasteiger partial charge in [-0.1, -0.05) is 12.7 Å². The van der Waals surface area contributed by atoms with Crippen molar-refractivity contribution in [3.8, 4) is 0 Å². The van der Waals surface area contributed by atoms with E-state index in [1.807, 2.05) is 0 Å². The fourth-order valence-electron chi connectivity index (χ4n) is 0.910. The minimum atomic E-state index is -0.551. The van der Waals surface area contributed by atoms with Crippen molar-refractivity contribution in [2.24, 2.45) is 0 Å². The van der Waals surface area contributed by atoms with Crippen LogP contribution < -0.4 is 0 Å². The van der Waals surface area contributed by atoms with Gasteiger partial charge in [0.2, 0.25) is 0 Å². The summed E-state index contributed by atoms with van der Waals surface area (Å²) in [6.45, 7) is 10.7. The summed E-state index contributed by atoms with van der Waals surface area (Å²) in [4.78, 5) is 11.5. The Morgan fingerprint density at radius 3 is 2.59 bits per heavy atom. The molecule has 0 rings (SSSR count). The standard InChI is InChI=1S/C12H20O5/c1-6-7-15-8-16-12(13)9(2)10(3)17-11(4)14-5/h6,10-11H,1-2,7-8H2,3-5H3. The number of methoxy groups -OCH3 is 1. The molecule has 0 aliphatic heterocycles. The highest BCUT2D eigenvalue weighted by molar-refractivity contribution is 5.88. The van der Waals surface area contributed by atoms with Crippen LogP contribution >= 0.6 is 0 Å². The van der Waals surface area contributed by atoms with E-state index in [4.69, 9.17) is 18.9 Å². The Bertz CT molecular complexity index is 262. The van der Waals surface area contributed by atoms with Crippen molar-refractivity contribution < 1.29 is 23.7 Å². The molecule has 0 fully saturated rings. The van der Waals surface area contributed by atoms with Crippen LogP contribution in [0.15, 0.2) is 24.8 Å². The molecule has 0 aromatic carbocycles. The average Bonchev–Trinajstić information content (AvgIpc) is 2.33. The summed E-state index contributed by atoms with van der Waals surface area (Å²) in [5.74, 6) is -0.551. The molecule has 17 heavy (non-hydrogen) atoms. The summed E-state index contributed by atoms with van der Waals surface area (Å²) in [7, 11) is 1.52. The van der Waals surface area contributed by atoms with Gasteiger partial charge >= 0.3 is 5.97 Å². The van der Waals surface area contributed by atoms with Crippen molar-refractivity contribution >= 4 is 5.97 Å². The highest BCUT2D eigenvalue weighted by atomic mass is 16.7. The lowest BCUT2D eigenvalue weighted by molar-refractivity contribution is -0.157. The molecule has 0 bridgehead atoms. The molecule has 0 aromatic heterocycles. The smallest absolute Gasteiger partial charge is 0.338 e. The maximum Gasteiger partial charge on any atom is 0.338 e. The van der Waals surface area contributed by atoms with Crippen LogP contribution in [0.2, 0.25) is 0 Å². The van der Waals surface area contributed by atoms with Gasteiger partial charge in [0.15, 0.2) is 13.1 Å². The molecule has 0 spiro atoms. The van der Waals surface area contributed by atoms with Crippen molar-refractivity contribution in [3.05, 3.63) is 24.8 Å². The quantitative estimate of drug-likeness (QED) is 0.203. The summed E-state index contributed by atoms with van der Waals surface area (Å²) in [6, 6.07) is 0. The van der Waals surface area contributed by atoms with E-state index in [0.717, 1.165) is 0 Å². The fourth-order valence-corrected chi connectivity index (χ4v) is 0.910. The molecule has 0 saturated heterocycles. The number of carbonyl (C=O) groups is 1. The summed E-state index contributed by atoms with van der Waals surface area (Å²) in [5.41, 5.74) is 0.219. The van der Waals surface area contributed by atoms with Gasteiger partial charge in [0.1, 0.15) is 0 Å². The van der Waals surface area contributed by atoms with Gasteiger partial charge in [0.05, 0.1) is 18.3 Å². The number of hydrogen-bond acceptors (Lipinski definition) is 5. The van der Waals surface area contributed by atoms with Crippen LogP contribution in [0.25, 0.3) is 0 Å². The van der Waals surface area contributed by atoms with Gasteiger partial charge in [-0.15, -0.1) is 6.58 Å². The minimum absolute atomic E-state index is 0.129. The first kappa shape index (κ1) is 15.8. The normalized spacial score (nSPS) is 13.8. The summed E-state index contributed by atoms with van der Waals surface area (Å²) >= 11 is 0. The number of carbonyl (C=O) groups excluding carboxylic acids is 1. The zero-order valence-electron chi connectivity index (χ0n) is 10.6. The summed E-state index contributed by atoms with van der Waals surface area (Å²) in [5, 5.41) is 0. The lowest BCUT2D eigenvalue weighted by atomic mass is 10.2. The second-order valence-corrected chi connectivity index (χ2v) is 3.32. The molecule has 0 saturated carbocycles. The Morgan fingerprint density at radius 2 is 2.06 bits per heavy atom. The monoisotopic (exact) mass is 244 g/mol. The molecule has 0 radical (unpaired) electrons. The Hall–Kier alpha value is -1.17. The predicted octanol–water partition coefficient (Wildman–Crippen LogP) is 1.64. The SMILES string of the molecule is C=CCOCOC(=O)C(=C)C(C)OC(C)OC. The maximum atomic E-state index is 11.5. The molecule has 2 unspecified atom stereocenters. The maximum absolute atomic E-state index is 11.5. The van der Waals surface area contributed by atoms with E-state index in [-0.39, 0.29) is 12.4 Å². The number of esters is 1. The van der Waals surface area contributed by atoms with Crippen molar-refractivity contribution in [2.75, 3.05) is 20.5 Å². The molecule has 0 aliphatic rings. The van der Waals surface area contributed by atoms with Crippen molar-refractivity contribution in [2.45, 2.75) is 26.2 Å². The van der Waals surface area contributed by atoms with Gasteiger partial charge in [0, 0.05) is 7.11 Å². The third-order valence-electron chi connectivity index (χ3n) is 1.99. The zero-order valence-corrected chi connectivity index (χ0v) is 10.6. The van der Waals surface area contributed by atoms with Gasteiger partial charge in [0.25, 0.3) is 0 Å². The summed E-state index contributed by atoms with van der Waals surface area (Å²) in [6.07, 6.45) is 0.678. The van der Waals surface area contributed by atoms with Crippen molar-refractivity contribution in [3.63, 3.8) is 0 Å². The van der Waals surface area contributed by atoms with Crippen LogP contribution in [0, 0.1) is 0 Å². The van der Waals surface area contributed by atoms with E-state index in [9.17, 15) is 4.79 Å². The largest absolute Gasteiger partial charge is 0.435 e. The van der Waals surface area contributed by atoms with Gasteiger partial charge in [-0.3, -0.25) is 0 Å². The van der Waals surface area contributed by atoms with Crippen LogP contribution in [-0.2, 0) is 23.7 Å². The lowest BCUT2D eigenvalue weighted by Crippen LogP contribution is -2.25. The van der Waals surface area contributed by atoms with Gasteiger partial charge < -0.3 is 18.9 Å². The van der Waals surface area contributed by atoms with Crippen LogP contribution in [0.1, 0.15) is 13.8 Å². The first-order valence-electron chi connectivity index (χ1n) is 5.25. The molecule has 5 nitrogen and oxygen atoms in total. The fraction of sp³-hybridized carbons (Fsp3) is 0.583. The molecule has 5 heteroatoms. The number of hydrogen-bond donors (Lipinski definition) is 0. The average molecular weight is 244 g/mol. The van der Waals surface area contributed by atoms with E-state index < -0.39 is 18.4 Å². The van der Waals surface area contributed by atoms with Gasteiger partial charge in [-0.2, -0.15) is 0 Å². The number of ether oxygens (including phenoxy) is 4. The Balaban J connectivity index is 3.94. The Kier molecular flexibility index (Phi) is 8.31.